The Balaban J connectivity index is 1.47. The van der Waals surface area contributed by atoms with Crippen molar-refractivity contribution in [2.75, 3.05) is 46.3 Å². The number of carbonyl (C=O) groups excluding carboxylic acids is 1. The molecule has 2 aliphatic heterocycles. The van der Waals surface area contributed by atoms with E-state index in [2.05, 4.69) is 21.9 Å². The normalized spacial score (nSPS) is 23.6. The minimum absolute atomic E-state index is 0.0401. The van der Waals surface area contributed by atoms with E-state index in [0.29, 0.717) is 19.1 Å². The number of aryl methyl sites for hydroxylation is 1. The van der Waals surface area contributed by atoms with E-state index in [1.807, 2.05) is 4.90 Å². The number of hydrogen-bond donors (Lipinski definition) is 0. The predicted octanol–water partition coefficient (Wildman–Crippen LogP) is -0.227. The van der Waals surface area contributed by atoms with Crippen LogP contribution in [-0.4, -0.2) is 82.7 Å². The molecule has 8 heteroatoms. The first-order valence-electron chi connectivity index (χ1n) is 8.78. The molecule has 2 aliphatic rings. The Morgan fingerprint density at radius 3 is 2.58 bits per heavy atom. The molecule has 2 saturated heterocycles. The van der Waals surface area contributed by atoms with Crippen LogP contribution in [-0.2, 0) is 11.3 Å². The Kier molecular flexibility index (Phi) is 5.35. The molecule has 24 heavy (non-hydrogen) atoms. The van der Waals surface area contributed by atoms with Gasteiger partial charge in [-0.3, -0.25) is 9.69 Å². The highest BCUT2D eigenvalue weighted by molar-refractivity contribution is 5.76. The zero-order valence-corrected chi connectivity index (χ0v) is 14.6. The van der Waals surface area contributed by atoms with Crippen molar-refractivity contribution in [3.05, 3.63) is 16.4 Å². The Hall–Kier alpha value is -1.67. The van der Waals surface area contributed by atoms with Gasteiger partial charge in [-0.1, -0.05) is 6.42 Å². The molecule has 8 nitrogen and oxygen atoms in total. The topological polar surface area (TPSA) is 74.8 Å². The van der Waals surface area contributed by atoms with E-state index in [1.165, 1.54) is 25.8 Å². The number of carbonyl (C=O) groups is 1. The smallest absolute Gasteiger partial charge is 0.393 e. The lowest BCUT2D eigenvalue weighted by Gasteiger charge is -2.40. The van der Waals surface area contributed by atoms with E-state index in [0.717, 1.165) is 24.3 Å². The molecule has 0 spiro atoms. The summed E-state index contributed by atoms with van der Waals surface area (Å²) in [5, 5.41) is 3.92. The Morgan fingerprint density at radius 2 is 1.96 bits per heavy atom. The SMILES string of the molecule is Cc1nn(CC(=O)N2CCN(CC3CCCCN3C)CC2)c(=O)o1. The molecule has 3 rings (SSSR count). The maximum atomic E-state index is 12.3. The molecule has 134 valence electrons. The minimum atomic E-state index is -0.570. The highest BCUT2D eigenvalue weighted by Crippen LogP contribution is 2.16. The van der Waals surface area contributed by atoms with Crippen molar-refractivity contribution in [1.29, 1.82) is 0 Å². The summed E-state index contributed by atoms with van der Waals surface area (Å²) in [7, 11) is 2.21. The maximum Gasteiger partial charge on any atom is 0.437 e. The summed E-state index contributed by atoms with van der Waals surface area (Å²) in [5.41, 5.74) is 0. The Labute approximate surface area is 142 Å². The first-order chi connectivity index (χ1) is 11.5. The standard InChI is InChI=1S/C16H27N5O3/c1-13-17-21(16(23)24-13)12-15(22)20-9-7-19(8-10-20)11-14-5-3-4-6-18(14)2/h14H,3-12H2,1-2H3. The van der Waals surface area contributed by atoms with Gasteiger partial charge < -0.3 is 14.2 Å². The summed E-state index contributed by atoms with van der Waals surface area (Å²) >= 11 is 0. The second-order valence-electron chi connectivity index (χ2n) is 6.86. The van der Waals surface area contributed by atoms with Crippen LogP contribution in [0.1, 0.15) is 25.2 Å². The summed E-state index contributed by atoms with van der Waals surface area (Å²) in [6.07, 6.45) is 3.89. The number of nitrogens with zero attached hydrogens (tertiary/aromatic N) is 5. The number of hydrogen-bond acceptors (Lipinski definition) is 6. The number of likely N-dealkylation sites (tertiary alicyclic amines) is 1. The molecular weight excluding hydrogens is 310 g/mol. The van der Waals surface area contributed by atoms with Crippen molar-refractivity contribution >= 4 is 5.91 Å². The van der Waals surface area contributed by atoms with Crippen LogP contribution in [0.3, 0.4) is 0 Å². The molecule has 1 unspecified atom stereocenters. The summed E-state index contributed by atoms with van der Waals surface area (Å²) < 4.78 is 5.93. The molecule has 3 heterocycles. The number of piperazine rings is 1. The van der Waals surface area contributed by atoms with Crippen LogP contribution < -0.4 is 5.76 Å². The van der Waals surface area contributed by atoms with Crippen molar-refractivity contribution in [1.82, 2.24) is 24.5 Å². The van der Waals surface area contributed by atoms with Gasteiger partial charge in [0.25, 0.3) is 0 Å². The van der Waals surface area contributed by atoms with Gasteiger partial charge >= 0.3 is 5.76 Å². The molecule has 0 bridgehead atoms. The van der Waals surface area contributed by atoms with Crippen molar-refractivity contribution in [3.63, 3.8) is 0 Å². The molecule has 0 saturated carbocycles. The fourth-order valence-electron chi connectivity index (χ4n) is 3.59. The summed E-state index contributed by atoms with van der Waals surface area (Å²) in [6, 6.07) is 0.637. The first kappa shape index (κ1) is 17.2. The average Bonchev–Trinajstić information content (AvgIpc) is 2.88. The van der Waals surface area contributed by atoms with Gasteiger partial charge in [0.2, 0.25) is 11.8 Å². The van der Waals surface area contributed by atoms with Crippen LogP contribution in [0.4, 0.5) is 0 Å². The molecule has 1 aromatic heterocycles. The molecule has 0 N–H and O–H groups in total. The number of likely N-dealkylation sites (N-methyl/N-ethyl adjacent to an activating group) is 1. The zero-order valence-electron chi connectivity index (χ0n) is 14.6. The molecule has 1 aromatic rings. The van der Waals surface area contributed by atoms with E-state index in [1.54, 1.807) is 6.92 Å². The molecule has 1 atom stereocenters. The third-order valence-corrected chi connectivity index (χ3v) is 5.11. The van der Waals surface area contributed by atoms with Crippen LogP contribution in [0.5, 0.6) is 0 Å². The van der Waals surface area contributed by atoms with Crippen molar-refractivity contribution < 1.29 is 9.21 Å². The second kappa shape index (κ2) is 7.48. The monoisotopic (exact) mass is 337 g/mol. The lowest BCUT2D eigenvalue weighted by atomic mass is 10.0. The molecule has 0 aliphatic carbocycles. The average molecular weight is 337 g/mol. The zero-order chi connectivity index (χ0) is 17.1. The summed E-state index contributed by atoms with van der Waals surface area (Å²) in [5.74, 6) is -0.353. The van der Waals surface area contributed by atoms with E-state index >= 15 is 0 Å². The fraction of sp³-hybridized carbons (Fsp3) is 0.812. The van der Waals surface area contributed by atoms with Gasteiger partial charge in [0.15, 0.2) is 0 Å². The van der Waals surface area contributed by atoms with Crippen LogP contribution in [0, 0.1) is 6.92 Å². The van der Waals surface area contributed by atoms with Gasteiger partial charge in [0.05, 0.1) is 0 Å². The van der Waals surface area contributed by atoms with E-state index < -0.39 is 5.76 Å². The lowest BCUT2D eigenvalue weighted by Crippen LogP contribution is -2.53. The Morgan fingerprint density at radius 1 is 1.21 bits per heavy atom. The lowest BCUT2D eigenvalue weighted by molar-refractivity contribution is -0.134. The number of rotatable bonds is 4. The minimum Gasteiger partial charge on any atom is -0.393 e. The van der Waals surface area contributed by atoms with Crippen LogP contribution in [0.25, 0.3) is 0 Å². The van der Waals surface area contributed by atoms with Gasteiger partial charge in [0, 0.05) is 45.7 Å². The second-order valence-corrected chi connectivity index (χ2v) is 6.86. The van der Waals surface area contributed by atoms with Gasteiger partial charge in [-0.2, -0.15) is 4.68 Å². The quantitative estimate of drug-likeness (QED) is 0.756. The fourth-order valence-corrected chi connectivity index (χ4v) is 3.59. The van der Waals surface area contributed by atoms with Gasteiger partial charge in [0.1, 0.15) is 6.54 Å². The molecule has 2 fully saturated rings. The van der Waals surface area contributed by atoms with Gasteiger partial charge in [-0.05, 0) is 26.4 Å². The highest BCUT2D eigenvalue weighted by atomic mass is 16.4. The van der Waals surface area contributed by atoms with Gasteiger partial charge in [-0.15, -0.1) is 5.10 Å². The Bertz CT molecular complexity index is 617. The van der Waals surface area contributed by atoms with Crippen molar-refractivity contribution in [2.45, 2.75) is 38.8 Å². The predicted molar refractivity (Wildman–Crippen MR) is 88.8 cm³/mol. The third-order valence-electron chi connectivity index (χ3n) is 5.11. The molecule has 0 radical (unpaired) electrons. The number of aromatic nitrogens is 2. The van der Waals surface area contributed by atoms with Crippen LogP contribution in [0.2, 0.25) is 0 Å². The van der Waals surface area contributed by atoms with E-state index in [4.69, 9.17) is 4.42 Å². The molecule has 1 amide bonds. The number of piperidine rings is 1. The van der Waals surface area contributed by atoms with E-state index in [9.17, 15) is 9.59 Å². The molecular formula is C16H27N5O3. The van der Waals surface area contributed by atoms with Gasteiger partial charge in [-0.25, -0.2) is 4.79 Å². The largest absolute Gasteiger partial charge is 0.437 e. The maximum absolute atomic E-state index is 12.3. The van der Waals surface area contributed by atoms with Crippen LogP contribution >= 0.6 is 0 Å². The van der Waals surface area contributed by atoms with Crippen LogP contribution in [0.15, 0.2) is 9.21 Å². The highest BCUT2D eigenvalue weighted by Gasteiger charge is 2.26. The number of amides is 1. The molecule has 0 aromatic carbocycles. The van der Waals surface area contributed by atoms with Crippen molar-refractivity contribution in [3.8, 4) is 0 Å². The van der Waals surface area contributed by atoms with Crippen molar-refractivity contribution in [2.24, 2.45) is 0 Å². The third kappa shape index (κ3) is 4.05. The summed E-state index contributed by atoms with van der Waals surface area (Å²) in [4.78, 5) is 30.6. The van der Waals surface area contributed by atoms with E-state index in [-0.39, 0.29) is 18.3 Å². The first-order valence-corrected chi connectivity index (χ1v) is 8.78. The summed E-state index contributed by atoms with van der Waals surface area (Å²) in [6.45, 7) is 7.04.